The first-order chi connectivity index (χ1) is 8.15. The summed E-state index contributed by atoms with van der Waals surface area (Å²) >= 11 is 1.56. The number of rotatable bonds is 2. The third kappa shape index (κ3) is 1.64. The van der Waals surface area contributed by atoms with E-state index in [-0.39, 0.29) is 0 Å². The third-order valence-corrected chi connectivity index (χ3v) is 4.10. The van der Waals surface area contributed by atoms with Crippen molar-refractivity contribution in [1.29, 1.82) is 0 Å². The molecule has 2 aromatic heterocycles. The molecule has 1 unspecified atom stereocenters. The number of nitrogens with zero attached hydrogens (tertiary/aromatic N) is 3. The number of aliphatic carboxylic acids is 1. The molecule has 3 rings (SSSR count). The van der Waals surface area contributed by atoms with Crippen LogP contribution in [-0.2, 0) is 18.3 Å². The molecule has 0 fully saturated rings. The third-order valence-electron chi connectivity index (χ3n) is 2.95. The minimum atomic E-state index is -0.776. The van der Waals surface area contributed by atoms with Crippen LogP contribution in [0.2, 0.25) is 0 Å². The Hall–Kier alpha value is -1.69. The number of thiazole rings is 1. The Kier molecular flexibility index (Phi) is 2.25. The van der Waals surface area contributed by atoms with Crippen molar-refractivity contribution in [2.75, 3.05) is 0 Å². The molecule has 0 amide bonds. The van der Waals surface area contributed by atoms with Crippen LogP contribution in [0.5, 0.6) is 0 Å². The summed E-state index contributed by atoms with van der Waals surface area (Å²) in [5.74, 6) is -1.21. The van der Waals surface area contributed by atoms with Gasteiger partial charge in [-0.15, -0.1) is 11.3 Å². The van der Waals surface area contributed by atoms with Crippen molar-refractivity contribution in [2.24, 2.45) is 7.05 Å². The van der Waals surface area contributed by atoms with Crippen LogP contribution in [0.3, 0.4) is 0 Å². The van der Waals surface area contributed by atoms with Crippen LogP contribution >= 0.6 is 11.3 Å². The molecule has 0 spiro atoms. The van der Waals surface area contributed by atoms with Crippen LogP contribution in [0.1, 0.15) is 22.9 Å². The van der Waals surface area contributed by atoms with Gasteiger partial charge in [-0.3, -0.25) is 9.48 Å². The van der Waals surface area contributed by atoms with Crippen molar-refractivity contribution in [3.8, 4) is 10.7 Å². The average molecular weight is 249 g/mol. The van der Waals surface area contributed by atoms with Crippen LogP contribution in [0.25, 0.3) is 10.7 Å². The molecule has 1 aliphatic rings. The summed E-state index contributed by atoms with van der Waals surface area (Å²) < 4.78 is 1.72. The van der Waals surface area contributed by atoms with E-state index < -0.39 is 11.9 Å². The average Bonchev–Trinajstić information content (AvgIpc) is 2.89. The summed E-state index contributed by atoms with van der Waals surface area (Å²) in [6.07, 6.45) is 3.35. The molecular formula is C11H11N3O2S. The standard InChI is InChI=1S/C11H11N3O2S/c1-14-5-4-7(13-14)10-12-9-6(11(15)16)2-3-8(9)17-10/h4-6H,2-3H2,1H3,(H,15,16). The molecule has 88 valence electrons. The van der Waals surface area contributed by atoms with Crippen LogP contribution in [0.4, 0.5) is 0 Å². The van der Waals surface area contributed by atoms with Gasteiger partial charge in [0.2, 0.25) is 0 Å². The minimum Gasteiger partial charge on any atom is -0.481 e. The molecule has 2 aromatic rings. The van der Waals surface area contributed by atoms with Crippen molar-refractivity contribution in [3.05, 3.63) is 22.8 Å². The lowest BCUT2D eigenvalue weighted by molar-refractivity contribution is -0.138. The van der Waals surface area contributed by atoms with Gasteiger partial charge in [0.1, 0.15) is 16.6 Å². The number of carboxylic acid groups (broad SMARTS) is 1. The molecule has 1 atom stereocenters. The van der Waals surface area contributed by atoms with E-state index in [1.807, 2.05) is 19.3 Å². The zero-order valence-electron chi connectivity index (χ0n) is 9.25. The molecule has 0 saturated carbocycles. The van der Waals surface area contributed by atoms with Crippen molar-refractivity contribution >= 4 is 17.3 Å². The van der Waals surface area contributed by atoms with E-state index in [4.69, 9.17) is 5.11 Å². The van der Waals surface area contributed by atoms with Gasteiger partial charge in [0.15, 0.2) is 0 Å². The summed E-state index contributed by atoms with van der Waals surface area (Å²) in [5, 5.41) is 14.2. The van der Waals surface area contributed by atoms with Crippen molar-refractivity contribution in [1.82, 2.24) is 14.8 Å². The lowest BCUT2D eigenvalue weighted by atomic mass is 10.1. The molecule has 6 heteroatoms. The summed E-state index contributed by atoms with van der Waals surface area (Å²) in [6, 6.07) is 1.89. The molecule has 0 bridgehead atoms. The second kappa shape index (κ2) is 3.66. The van der Waals surface area contributed by atoms with Gasteiger partial charge in [-0.25, -0.2) is 4.98 Å². The topological polar surface area (TPSA) is 68.0 Å². The first kappa shape index (κ1) is 10.5. The fraction of sp³-hybridized carbons (Fsp3) is 0.364. The maximum absolute atomic E-state index is 11.1. The Morgan fingerprint density at radius 2 is 2.47 bits per heavy atom. The van der Waals surface area contributed by atoms with Gasteiger partial charge in [-0.2, -0.15) is 5.10 Å². The van der Waals surface area contributed by atoms with Gasteiger partial charge in [-0.1, -0.05) is 0 Å². The minimum absolute atomic E-state index is 0.432. The normalized spacial score (nSPS) is 18.3. The largest absolute Gasteiger partial charge is 0.481 e. The molecule has 17 heavy (non-hydrogen) atoms. The molecule has 5 nitrogen and oxygen atoms in total. The molecule has 1 aliphatic carbocycles. The van der Waals surface area contributed by atoms with Crippen LogP contribution in [0.15, 0.2) is 12.3 Å². The summed E-state index contributed by atoms with van der Waals surface area (Å²) in [7, 11) is 1.85. The molecule has 0 aliphatic heterocycles. The highest BCUT2D eigenvalue weighted by Gasteiger charge is 2.32. The number of carboxylic acids is 1. The Morgan fingerprint density at radius 3 is 3.12 bits per heavy atom. The summed E-state index contributed by atoms with van der Waals surface area (Å²) in [6.45, 7) is 0. The second-order valence-electron chi connectivity index (χ2n) is 4.13. The second-order valence-corrected chi connectivity index (χ2v) is 5.22. The number of hydrogen-bond donors (Lipinski definition) is 1. The first-order valence-electron chi connectivity index (χ1n) is 5.37. The van der Waals surface area contributed by atoms with Gasteiger partial charge < -0.3 is 5.11 Å². The van der Waals surface area contributed by atoms with Crippen LogP contribution in [0, 0.1) is 0 Å². The molecule has 0 saturated heterocycles. The van der Waals surface area contributed by atoms with E-state index in [9.17, 15) is 4.79 Å². The van der Waals surface area contributed by atoms with Gasteiger partial charge >= 0.3 is 5.97 Å². The van der Waals surface area contributed by atoms with Crippen LogP contribution in [-0.4, -0.2) is 25.8 Å². The smallest absolute Gasteiger partial charge is 0.312 e. The number of hydrogen-bond acceptors (Lipinski definition) is 4. The number of fused-ring (bicyclic) bond motifs is 1. The van der Waals surface area contributed by atoms with E-state index in [1.165, 1.54) is 0 Å². The van der Waals surface area contributed by atoms with Gasteiger partial charge in [-0.05, 0) is 18.9 Å². The lowest BCUT2D eigenvalue weighted by Crippen LogP contribution is -2.08. The Balaban J connectivity index is 2.01. The van der Waals surface area contributed by atoms with Gasteiger partial charge in [0, 0.05) is 18.1 Å². The van der Waals surface area contributed by atoms with E-state index in [0.717, 1.165) is 27.7 Å². The highest BCUT2D eigenvalue weighted by molar-refractivity contribution is 7.15. The fourth-order valence-corrected chi connectivity index (χ4v) is 3.21. The van der Waals surface area contributed by atoms with Crippen molar-refractivity contribution < 1.29 is 9.90 Å². The predicted octanol–water partition coefficient (Wildman–Crippen LogP) is 1.66. The van der Waals surface area contributed by atoms with E-state index >= 15 is 0 Å². The highest BCUT2D eigenvalue weighted by Crippen LogP contribution is 2.39. The van der Waals surface area contributed by atoms with Gasteiger partial charge in [0.05, 0.1) is 5.69 Å². The Bertz CT molecular complexity index is 587. The summed E-state index contributed by atoms with van der Waals surface area (Å²) in [5.41, 5.74) is 1.55. The quantitative estimate of drug-likeness (QED) is 0.878. The molecule has 0 radical (unpaired) electrons. The first-order valence-corrected chi connectivity index (χ1v) is 6.19. The van der Waals surface area contributed by atoms with E-state index in [2.05, 4.69) is 10.1 Å². The molecule has 0 aromatic carbocycles. The van der Waals surface area contributed by atoms with E-state index in [1.54, 1.807) is 16.0 Å². The maximum atomic E-state index is 11.1. The zero-order valence-corrected chi connectivity index (χ0v) is 10.1. The number of aryl methyl sites for hydroxylation is 2. The molecular weight excluding hydrogens is 238 g/mol. The SMILES string of the molecule is Cn1ccc(-c2nc3c(s2)CCC3C(=O)O)n1. The predicted molar refractivity (Wildman–Crippen MR) is 63.0 cm³/mol. The molecule has 2 heterocycles. The monoisotopic (exact) mass is 249 g/mol. The lowest BCUT2D eigenvalue weighted by Gasteiger charge is -2.00. The number of carbonyl (C=O) groups is 1. The Labute approximate surface area is 102 Å². The molecule has 1 N–H and O–H groups in total. The van der Waals surface area contributed by atoms with Crippen molar-refractivity contribution in [3.63, 3.8) is 0 Å². The maximum Gasteiger partial charge on any atom is 0.312 e. The number of aromatic nitrogens is 3. The van der Waals surface area contributed by atoms with Crippen molar-refractivity contribution in [2.45, 2.75) is 18.8 Å². The highest BCUT2D eigenvalue weighted by atomic mass is 32.1. The van der Waals surface area contributed by atoms with E-state index in [0.29, 0.717) is 6.42 Å². The summed E-state index contributed by atoms with van der Waals surface area (Å²) in [4.78, 5) is 16.6. The Morgan fingerprint density at radius 1 is 1.65 bits per heavy atom. The van der Waals surface area contributed by atoms with Gasteiger partial charge in [0.25, 0.3) is 0 Å². The zero-order chi connectivity index (χ0) is 12.0. The fourth-order valence-electron chi connectivity index (χ4n) is 2.11. The van der Waals surface area contributed by atoms with Crippen LogP contribution < -0.4 is 0 Å².